The van der Waals surface area contributed by atoms with Gasteiger partial charge in [-0.3, -0.25) is 0 Å². The topological polar surface area (TPSA) is 0 Å². The average molecular weight is 187 g/mol. The molecular formula is C13H30Sn. The van der Waals surface area contributed by atoms with Crippen molar-refractivity contribution in [3.63, 3.8) is 0 Å². The molecule has 0 unspecified atom stereocenters. The normalized spacial score (nSPS) is 12.0. The monoisotopic (exact) mass is 187 g/mol. The first kappa shape index (κ1) is 14.8. The second kappa shape index (κ2) is 9.06. The van der Waals surface area contributed by atoms with Gasteiger partial charge in [-0.2, -0.15) is 0 Å². The Labute approximate surface area is 95.7 Å². The predicted octanol–water partition coefficient (Wildman–Crippen LogP) is 5.47. The maximum absolute atomic E-state index is 2.72. The average Bonchev–Trinajstić information content (AvgIpc) is 2.21. The molecule has 0 bridgehead atoms. The van der Waals surface area contributed by atoms with Gasteiger partial charge in [-0.1, -0.05) is 0 Å². The Hall–Kier alpha value is 0.799. The third-order valence-corrected chi connectivity index (χ3v) is 16.8. The van der Waals surface area contributed by atoms with Gasteiger partial charge < -0.3 is 0 Å². The first-order valence-corrected chi connectivity index (χ1v) is 15.6. The van der Waals surface area contributed by atoms with Gasteiger partial charge in [0.1, 0.15) is 0 Å². The molecular weight excluding hydrogens is 157 g/mol. The Morgan fingerprint density at radius 1 is 0.643 bits per heavy atom. The van der Waals surface area contributed by atoms with Crippen molar-refractivity contribution in [3.8, 4) is 0 Å². The molecule has 0 radical (unpaired) electrons. The van der Waals surface area contributed by atoms with Crippen LogP contribution in [0.3, 0.4) is 0 Å². The van der Waals surface area contributed by atoms with E-state index in [1.54, 1.807) is 13.3 Å². The van der Waals surface area contributed by atoms with Crippen molar-refractivity contribution in [2.24, 2.45) is 0 Å². The summed E-state index contributed by atoms with van der Waals surface area (Å²) >= 11 is -1.56. The molecule has 0 rings (SSSR count). The van der Waals surface area contributed by atoms with Crippen LogP contribution in [-0.4, -0.2) is 18.4 Å². The summed E-state index contributed by atoms with van der Waals surface area (Å²) in [4.78, 5) is 2.72. The summed E-state index contributed by atoms with van der Waals surface area (Å²) in [5.41, 5.74) is 0. The molecule has 0 aliphatic rings. The minimum absolute atomic E-state index is 1.41. The van der Waals surface area contributed by atoms with Crippen molar-refractivity contribution in [2.75, 3.05) is 0 Å². The SMILES string of the molecule is CCC[CH2][1Sn]([CH3])([CH2]CCC)[CH2]CCC. The molecule has 0 saturated carbocycles. The minimum atomic E-state index is -1.56. The molecule has 0 aromatic carbocycles. The van der Waals surface area contributed by atoms with Crippen LogP contribution < -0.4 is 0 Å². The fourth-order valence-corrected chi connectivity index (χ4v) is 14.7. The Morgan fingerprint density at radius 3 is 1.14 bits per heavy atom. The molecule has 0 atom stereocenters. The molecule has 0 aliphatic heterocycles. The fraction of sp³-hybridized carbons (Fsp3) is 1.00. The van der Waals surface area contributed by atoms with E-state index in [-0.39, 0.29) is 0 Å². The molecule has 0 fully saturated rings. The molecule has 0 N–H and O–H groups in total. The molecule has 0 saturated heterocycles. The van der Waals surface area contributed by atoms with E-state index in [2.05, 4.69) is 25.7 Å². The van der Waals surface area contributed by atoms with Crippen LogP contribution in [0.1, 0.15) is 59.3 Å². The van der Waals surface area contributed by atoms with E-state index >= 15 is 0 Å². The number of rotatable bonds is 9. The van der Waals surface area contributed by atoms with E-state index < -0.39 is 18.4 Å². The Kier molecular flexibility index (Phi) is 9.57. The van der Waals surface area contributed by atoms with Gasteiger partial charge in [0.25, 0.3) is 0 Å². The van der Waals surface area contributed by atoms with E-state index in [1.165, 1.54) is 38.5 Å². The maximum atomic E-state index is 2.72. The molecule has 0 amide bonds. The van der Waals surface area contributed by atoms with E-state index in [9.17, 15) is 0 Å². The summed E-state index contributed by atoms with van der Waals surface area (Å²) in [6.45, 7) is 7.02. The van der Waals surface area contributed by atoms with Crippen LogP contribution in [0.4, 0.5) is 0 Å². The van der Waals surface area contributed by atoms with Crippen molar-refractivity contribution in [1.82, 2.24) is 0 Å². The molecule has 86 valence electrons. The number of hydrogen-bond acceptors (Lipinski definition) is 0. The molecule has 0 nitrogen and oxygen atoms in total. The Bertz CT molecular complexity index is 98.6. The molecule has 0 aliphatic carbocycles. The quantitative estimate of drug-likeness (QED) is 0.420. The summed E-state index contributed by atoms with van der Waals surface area (Å²) in [5, 5.41) is 0. The number of unbranched alkanes of at least 4 members (excludes halogenated alkanes) is 3. The van der Waals surface area contributed by atoms with E-state index in [0.29, 0.717) is 0 Å². The summed E-state index contributed by atoms with van der Waals surface area (Å²) < 4.78 is 4.97. The van der Waals surface area contributed by atoms with Gasteiger partial charge in [0.05, 0.1) is 0 Å². The van der Waals surface area contributed by atoms with Crippen molar-refractivity contribution in [1.29, 1.82) is 0 Å². The first-order valence-electron chi connectivity index (χ1n) is 6.68. The van der Waals surface area contributed by atoms with Crippen LogP contribution in [0.15, 0.2) is 0 Å². The summed E-state index contributed by atoms with van der Waals surface area (Å²) in [5.74, 6) is 0. The first-order chi connectivity index (χ1) is 6.68. The van der Waals surface area contributed by atoms with E-state index in [0.717, 1.165) is 0 Å². The van der Waals surface area contributed by atoms with Crippen LogP contribution in [0.25, 0.3) is 0 Å². The third-order valence-electron chi connectivity index (χ3n) is 3.40. The second-order valence-electron chi connectivity index (χ2n) is 5.12. The Balaban J connectivity index is 3.89. The predicted molar refractivity (Wildman–Crippen MR) is 70.8 cm³/mol. The van der Waals surface area contributed by atoms with Crippen LogP contribution >= 0.6 is 0 Å². The van der Waals surface area contributed by atoms with Gasteiger partial charge in [0, 0.05) is 0 Å². The van der Waals surface area contributed by atoms with Crippen molar-refractivity contribution >= 4 is 18.4 Å². The van der Waals surface area contributed by atoms with Crippen molar-refractivity contribution < 1.29 is 0 Å². The van der Waals surface area contributed by atoms with Gasteiger partial charge >= 0.3 is 95.9 Å². The summed E-state index contributed by atoms with van der Waals surface area (Å²) in [6, 6.07) is 0. The van der Waals surface area contributed by atoms with Crippen LogP contribution in [0, 0.1) is 0 Å². The van der Waals surface area contributed by atoms with Gasteiger partial charge in [-0.25, -0.2) is 0 Å². The van der Waals surface area contributed by atoms with Crippen molar-refractivity contribution in [2.45, 2.75) is 77.5 Å². The zero-order valence-corrected chi connectivity index (χ0v) is 13.7. The van der Waals surface area contributed by atoms with Crippen molar-refractivity contribution in [3.05, 3.63) is 0 Å². The van der Waals surface area contributed by atoms with Crippen LogP contribution in [-0.2, 0) is 0 Å². The molecule has 14 heavy (non-hydrogen) atoms. The third kappa shape index (κ3) is 7.14. The van der Waals surface area contributed by atoms with Gasteiger partial charge in [-0.05, 0) is 0 Å². The van der Waals surface area contributed by atoms with Crippen LogP contribution in [0.5, 0.6) is 0 Å². The fourth-order valence-electron chi connectivity index (χ4n) is 2.19. The summed E-state index contributed by atoms with van der Waals surface area (Å²) in [7, 11) is 0. The zero-order valence-electron chi connectivity index (χ0n) is 10.9. The summed E-state index contributed by atoms with van der Waals surface area (Å²) in [6.07, 6.45) is 8.76. The zero-order chi connectivity index (χ0) is 10.9. The molecule has 0 aromatic heterocycles. The second-order valence-corrected chi connectivity index (χ2v) is 19.7. The standard InChI is InChI=1S/3C4H9.CH3.Sn/c3*1-3-4-2;;/h3*1,3-4H2,2H3;1H3;/i;;;;1+35. The Morgan fingerprint density at radius 2 is 0.929 bits per heavy atom. The van der Waals surface area contributed by atoms with Gasteiger partial charge in [0.2, 0.25) is 0 Å². The van der Waals surface area contributed by atoms with E-state index in [4.69, 9.17) is 0 Å². The molecule has 1 heteroatoms. The van der Waals surface area contributed by atoms with Crippen LogP contribution in [0.2, 0.25) is 18.2 Å². The molecule has 0 spiro atoms. The van der Waals surface area contributed by atoms with Gasteiger partial charge in [-0.15, -0.1) is 0 Å². The number of hydrogen-bond donors (Lipinski definition) is 0. The molecule has 0 heterocycles. The van der Waals surface area contributed by atoms with Gasteiger partial charge in [0.15, 0.2) is 0 Å². The van der Waals surface area contributed by atoms with E-state index in [1.807, 2.05) is 0 Å². The molecule has 0 aromatic rings.